The van der Waals surface area contributed by atoms with E-state index in [1.807, 2.05) is 12.1 Å². The molecule has 0 bridgehead atoms. The van der Waals surface area contributed by atoms with Gasteiger partial charge in [-0.15, -0.1) is 0 Å². The Morgan fingerprint density at radius 3 is 2.44 bits per heavy atom. The molecule has 1 unspecified atom stereocenters. The van der Waals surface area contributed by atoms with Crippen molar-refractivity contribution in [2.75, 3.05) is 17.8 Å². The second kappa shape index (κ2) is 10.6. The quantitative estimate of drug-likeness (QED) is 0.157. The SMILES string of the molecule is O=P(O)(O)CP(=O)(O)OC[C@H]1O[C@@H](n2ncc3c(NCc4ccc(Cl)cc4)nc(Cl)nc32)[C@H](O)[C@@H]1O. The number of benzene rings is 1. The monoisotopic (exact) mass is 583 g/mol. The highest BCUT2D eigenvalue weighted by Crippen LogP contribution is 2.55. The Morgan fingerprint density at radius 1 is 1.08 bits per heavy atom. The number of ether oxygens (including phenoxy) is 1. The maximum atomic E-state index is 11.9. The molecule has 0 aliphatic carbocycles. The molecular formula is C18H21Cl2N5O9P2. The molecule has 36 heavy (non-hydrogen) atoms. The summed E-state index contributed by atoms with van der Waals surface area (Å²) < 4.78 is 34.4. The van der Waals surface area contributed by atoms with Crippen molar-refractivity contribution in [2.24, 2.45) is 0 Å². The average molecular weight is 584 g/mol. The Morgan fingerprint density at radius 2 is 1.78 bits per heavy atom. The van der Waals surface area contributed by atoms with Crippen molar-refractivity contribution in [2.45, 2.75) is 31.1 Å². The van der Waals surface area contributed by atoms with E-state index in [0.29, 0.717) is 22.8 Å². The van der Waals surface area contributed by atoms with Crippen LogP contribution < -0.4 is 5.32 Å². The summed E-state index contributed by atoms with van der Waals surface area (Å²) in [5, 5.41) is 29.1. The summed E-state index contributed by atoms with van der Waals surface area (Å²) in [6.45, 7) is -0.355. The zero-order chi connectivity index (χ0) is 26.3. The van der Waals surface area contributed by atoms with Crippen LogP contribution in [0.2, 0.25) is 10.3 Å². The van der Waals surface area contributed by atoms with Crippen LogP contribution >= 0.6 is 38.4 Å². The summed E-state index contributed by atoms with van der Waals surface area (Å²) in [6.07, 6.45) is -4.34. The first-order valence-electron chi connectivity index (χ1n) is 10.2. The zero-order valence-corrected chi connectivity index (χ0v) is 21.4. The number of halogens is 2. The lowest BCUT2D eigenvalue weighted by Crippen LogP contribution is -2.33. The molecule has 0 spiro atoms. The lowest BCUT2D eigenvalue weighted by Gasteiger charge is -2.18. The van der Waals surface area contributed by atoms with Gasteiger partial charge < -0.3 is 39.5 Å². The number of rotatable bonds is 9. The van der Waals surface area contributed by atoms with Gasteiger partial charge in [-0.05, 0) is 29.3 Å². The van der Waals surface area contributed by atoms with Gasteiger partial charge in [0.1, 0.15) is 24.1 Å². The number of hydrogen-bond acceptors (Lipinski definition) is 10. The first-order valence-corrected chi connectivity index (χ1v) is 14.6. The second-order valence-electron chi connectivity index (χ2n) is 7.93. The van der Waals surface area contributed by atoms with E-state index in [0.717, 1.165) is 5.56 Å². The number of nitrogens with zero attached hydrogens (tertiary/aromatic N) is 4. The van der Waals surface area contributed by atoms with Gasteiger partial charge in [0.25, 0.3) is 0 Å². The Kier molecular flexibility index (Phi) is 8.06. The second-order valence-corrected chi connectivity index (χ2v) is 12.7. The van der Waals surface area contributed by atoms with Crippen LogP contribution in [0.4, 0.5) is 5.82 Å². The highest BCUT2D eigenvalue weighted by atomic mass is 35.5. The molecule has 0 radical (unpaired) electrons. The van der Waals surface area contributed by atoms with Gasteiger partial charge in [0.05, 0.1) is 18.2 Å². The lowest BCUT2D eigenvalue weighted by molar-refractivity contribution is -0.0541. The molecule has 1 aliphatic rings. The first-order chi connectivity index (χ1) is 16.8. The van der Waals surface area contributed by atoms with Crippen molar-refractivity contribution in [1.29, 1.82) is 0 Å². The molecule has 5 atom stereocenters. The molecule has 1 aliphatic heterocycles. The maximum Gasteiger partial charge on any atom is 0.340 e. The molecule has 1 fully saturated rings. The smallest absolute Gasteiger partial charge is 0.340 e. The molecule has 4 rings (SSSR count). The third-order valence-electron chi connectivity index (χ3n) is 5.18. The van der Waals surface area contributed by atoms with E-state index in [-0.39, 0.29) is 10.9 Å². The van der Waals surface area contributed by atoms with Crippen molar-refractivity contribution >= 4 is 55.2 Å². The number of nitrogens with one attached hydrogen (secondary N) is 1. The fourth-order valence-corrected chi connectivity index (χ4v) is 6.40. The van der Waals surface area contributed by atoms with Gasteiger partial charge in [-0.25, -0.2) is 4.68 Å². The summed E-state index contributed by atoms with van der Waals surface area (Å²) in [7, 11) is -9.53. The summed E-state index contributed by atoms with van der Waals surface area (Å²) in [6, 6.07) is 7.14. The van der Waals surface area contributed by atoms with Crippen LogP contribution in [0.3, 0.4) is 0 Å². The Hall–Kier alpha value is -1.67. The molecule has 3 heterocycles. The number of hydrogen-bond donors (Lipinski definition) is 6. The minimum Gasteiger partial charge on any atom is -0.387 e. The van der Waals surface area contributed by atoms with Crippen LogP contribution in [0, 0.1) is 0 Å². The van der Waals surface area contributed by atoms with Crippen molar-refractivity contribution in [1.82, 2.24) is 19.7 Å². The van der Waals surface area contributed by atoms with Crippen LogP contribution in [0.5, 0.6) is 0 Å². The summed E-state index contributed by atoms with van der Waals surface area (Å²) in [5.74, 6) is -1.06. The predicted molar refractivity (Wildman–Crippen MR) is 128 cm³/mol. The average Bonchev–Trinajstić information content (AvgIpc) is 3.31. The highest BCUT2D eigenvalue weighted by molar-refractivity contribution is 7.70. The Balaban J connectivity index is 1.52. The van der Waals surface area contributed by atoms with E-state index < -0.39 is 52.2 Å². The Bertz CT molecular complexity index is 1340. The molecule has 0 amide bonds. The van der Waals surface area contributed by atoms with Gasteiger partial charge in [-0.2, -0.15) is 15.1 Å². The molecule has 18 heteroatoms. The maximum absolute atomic E-state index is 11.9. The van der Waals surface area contributed by atoms with Gasteiger partial charge in [0.2, 0.25) is 5.28 Å². The van der Waals surface area contributed by atoms with Gasteiger partial charge in [-0.3, -0.25) is 9.13 Å². The number of aliphatic hydroxyl groups excluding tert-OH is 2. The van der Waals surface area contributed by atoms with Crippen LogP contribution in [0.25, 0.3) is 11.0 Å². The first kappa shape index (κ1) is 27.4. The third-order valence-corrected chi connectivity index (χ3v) is 9.06. The minimum absolute atomic E-state index is 0.130. The third kappa shape index (κ3) is 6.42. The van der Waals surface area contributed by atoms with Crippen molar-refractivity contribution in [3.8, 4) is 0 Å². The van der Waals surface area contributed by atoms with Crippen LogP contribution in [0.15, 0.2) is 30.5 Å². The van der Waals surface area contributed by atoms with E-state index in [4.69, 9.17) is 42.2 Å². The fraction of sp³-hybridized carbons (Fsp3) is 0.389. The molecule has 3 aromatic rings. The summed E-state index contributed by atoms with van der Waals surface area (Å²) in [5.41, 5.74) is 1.08. The number of aromatic nitrogens is 4. The molecule has 1 aromatic carbocycles. The van der Waals surface area contributed by atoms with E-state index in [9.17, 15) is 24.2 Å². The Labute approximate surface area is 213 Å². The fourth-order valence-electron chi connectivity index (χ4n) is 3.54. The summed E-state index contributed by atoms with van der Waals surface area (Å²) >= 11 is 12.0. The van der Waals surface area contributed by atoms with Gasteiger partial charge in [0.15, 0.2) is 17.8 Å². The molecule has 6 N–H and O–H groups in total. The van der Waals surface area contributed by atoms with Crippen molar-refractivity contribution < 1.29 is 43.3 Å². The van der Waals surface area contributed by atoms with E-state index in [1.165, 1.54) is 10.9 Å². The van der Waals surface area contributed by atoms with Crippen molar-refractivity contribution in [3.05, 3.63) is 46.3 Å². The zero-order valence-electron chi connectivity index (χ0n) is 18.1. The summed E-state index contributed by atoms with van der Waals surface area (Å²) in [4.78, 5) is 35.8. The topological polar surface area (TPSA) is 209 Å². The normalized spacial score (nSPS) is 24.2. The van der Waals surface area contributed by atoms with Gasteiger partial charge in [0, 0.05) is 11.6 Å². The van der Waals surface area contributed by atoms with Crippen LogP contribution in [-0.4, -0.2) is 75.5 Å². The van der Waals surface area contributed by atoms with Crippen molar-refractivity contribution in [3.63, 3.8) is 0 Å². The van der Waals surface area contributed by atoms with Crippen LogP contribution in [0.1, 0.15) is 11.8 Å². The standard InChI is InChI=1S/C18H21Cl2N5O9P2/c19-10-3-1-9(2-4-10)5-21-15-11-6-22-25(16(11)24-18(20)23-15)17-14(27)13(26)12(34-17)7-33-36(31,32)8-35(28,29)30/h1-4,6,12-14,17,26-27H,5,7-8H2,(H,31,32)(H,21,23,24)(H2,28,29,30)/t12-,13-,14-,17-/m1/s1. The van der Waals surface area contributed by atoms with E-state index >= 15 is 0 Å². The predicted octanol–water partition coefficient (Wildman–Crippen LogP) is 1.70. The highest BCUT2D eigenvalue weighted by Gasteiger charge is 2.46. The van der Waals surface area contributed by atoms with Crippen LogP contribution in [-0.2, 0) is 24.9 Å². The molecule has 1 saturated heterocycles. The van der Waals surface area contributed by atoms with E-state index in [2.05, 4.69) is 20.4 Å². The largest absolute Gasteiger partial charge is 0.387 e. The lowest BCUT2D eigenvalue weighted by atomic mass is 10.1. The number of anilines is 1. The molecule has 0 saturated carbocycles. The molecule has 2 aromatic heterocycles. The van der Waals surface area contributed by atoms with E-state index in [1.54, 1.807) is 12.1 Å². The molecule has 196 valence electrons. The van der Waals surface area contributed by atoms with Gasteiger partial charge in [-0.1, -0.05) is 23.7 Å². The van der Waals surface area contributed by atoms with Gasteiger partial charge >= 0.3 is 15.2 Å². The number of aliphatic hydroxyl groups is 2. The minimum atomic E-state index is -4.84. The molecular weight excluding hydrogens is 563 g/mol. The number of fused-ring (bicyclic) bond motifs is 1. The molecule has 14 nitrogen and oxygen atoms in total.